The van der Waals surface area contributed by atoms with Crippen LogP contribution in [0.15, 0.2) is 48.5 Å². The zero-order chi connectivity index (χ0) is 24.1. The Kier molecular flexibility index (Phi) is 8.59. The summed E-state index contributed by atoms with van der Waals surface area (Å²) < 4.78 is 41.9. The number of hydrogen-bond acceptors (Lipinski definition) is 4. The lowest BCUT2D eigenvalue weighted by Crippen LogP contribution is -2.52. The molecule has 2 aromatic rings. The summed E-state index contributed by atoms with van der Waals surface area (Å²) >= 11 is 6.23. The van der Waals surface area contributed by atoms with E-state index in [0.29, 0.717) is 14.9 Å². The van der Waals surface area contributed by atoms with Gasteiger partial charge in [-0.2, -0.15) is 12.7 Å². The number of amides is 2. The Morgan fingerprint density at radius 3 is 2.25 bits per heavy atom. The van der Waals surface area contributed by atoms with E-state index < -0.39 is 40.4 Å². The van der Waals surface area contributed by atoms with E-state index in [9.17, 15) is 22.4 Å². The van der Waals surface area contributed by atoms with Gasteiger partial charge in [-0.25, -0.2) is 8.70 Å². The molecule has 174 valence electrons. The molecule has 2 amide bonds. The van der Waals surface area contributed by atoms with Crippen molar-refractivity contribution in [2.24, 2.45) is 0 Å². The number of halogens is 2. The minimum atomic E-state index is -4.22. The molecule has 0 aliphatic heterocycles. The Balaban J connectivity index is 2.48. The van der Waals surface area contributed by atoms with Crippen molar-refractivity contribution in [3.8, 4) is 0 Å². The summed E-state index contributed by atoms with van der Waals surface area (Å²) in [6, 6.07) is 11.1. The molecule has 0 aliphatic carbocycles. The highest BCUT2D eigenvalue weighted by atomic mass is 35.5. The molecular weight excluding hydrogens is 459 g/mol. The Labute approximate surface area is 192 Å². The lowest BCUT2D eigenvalue weighted by molar-refractivity contribution is -0.139. The maximum Gasteiger partial charge on any atom is 0.304 e. The van der Waals surface area contributed by atoms with E-state index in [-0.39, 0.29) is 12.2 Å². The average Bonchev–Trinajstić information content (AvgIpc) is 2.76. The quantitative estimate of drug-likeness (QED) is 0.591. The van der Waals surface area contributed by atoms with Crippen LogP contribution in [-0.2, 0) is 26.3 Å². The zero-order valence-electron chi connectivity index (χ0n) is 18.2. The number of para-hydroxylation sites is 1. The summed E-state index contributed by atoms with van der Waals surface area (Å²) in [7, 11) is -0.233. The van der Waals surface area contributed by atoms with Crippen molar-refractivity contribution >= 4 is 39.3 Å². The van der Waals surface area contributed by atoms with Crippen LogP contribution in [-0.4, -0.2) is 63.2 Å². The summed E-state index contributed by atoms with van der Waals surface area (Å²) in [5, 5.41) is 2.87. The first-order valence-electron chi connectivity index (χ1n) is 9.69. The number of benzene rings is 2. The Hall–Kier alpha value is -2.69. The molecule has 0 bridgehead atoms. The second-order valence-corrected chi connectivity index (χ2v) is 9.63. The minimum absolute atomic E-state index is 0.0415. The molecule has 2 aromatic carbocycles. The van der Waals surface area contributed by atoms with Gasteiger partial charge in [-0.15, -0.1) is 0 Å². The molecule has 0 fully saturated rings. The van der Waals surface area contributed by atoms with Gasteiger partial charge in [0.25, 0.3) is 0 Å². The molecule has 0 saturated heterocycles. The normalized spacial score (nSPS) is 12.3. The predicted octanol–water partition coefficient (Wildman–Crippen LogP) is 2.26. The second-order valence-electron chi connectivity index (χ2n) is 7.15. The van der Waals surface area contributed by atoms with Crippen molar-refractivity contribution < 1.29 is 22.4 Å². The van der Waals surface area contributed by atoms with E-state index in [1.54, 1.807) is 24.3 Å². The van der Waals surface area contributed by atoms with Gasteiger partial charge in [0.05, 0.1) is 5.69 Å². The monoisotopic (exact) mass is 484 g/mol. The SMILES string of the molecule is CNC(=O)C(C)N(Cc1ccccc1Cl)C(=O)CN(c1ccccc1F)S(=O)(=O)N(C)C. The molecule has 8 nitrogen and oxygen atoms in total. The maximum atomic E-state index is 14.5. The van der Waals surface area contributed by atoms with Crippen LogP contribution in [0.5, 0.6) is 0 Å². The highest BCUT2D eigenvalue weighted by molar-refractivity contribution is 7.90. The fourth-order valence-corrected chi connectivity index (χ4v) is 4.22. The number of anilines is 1. The van der Waals surface area contributed by atoms with Crippen molar-refractivity contribution in [1.29, 1.82) is 0 Å². The number of likely N-dealkylation sites (N-methyl/N-ethyl adjacent to an activating group) is 1. The minimum Gasteiger partial charge on any atom is -0.357 e. The average molecular weight is 485 g/mol. The molecule has 1 atom stereocenters. The molecule has 0 aromatic heterocycles. The predicted molar refractivity (Wildman–Crippen MR) is 122 cm³/mol. The topological polar surface area (TPSA) is 90.0 Å². The highest BCUT2D eigenvalue weighted by Gasteiger charge is 2.33. The van der Waals surface area contributed by atoms with E-state index in [1.807, 2.05) is 0 Å². The molecule has 0 spiro atoms. The van der Waals surface area contributed by atoms with Gasteiger partial charge in [-0.05, 0) is 30.7 Å². The van der Waals surface area contributed by atoms with Gasteiger partial charge in [0, 0.05) is 32.7 Å². The van der Waals surface area contributed by atoms with E-state index >= 15 is 0 Å². The first kappa shape index (κ1) is 25.6. The smallest absolute Gasteiger partial charge is 0.304 e. The van der Waals surface area contributed by atoms with Crippen LogP contribution in [0.2, 0.25) is 5.02 Å². The van der Waals surface area contributed by atoms with Gasteiger partial charge in [-0.1, -0.05) is 41.9 Å². The van der Waals surface area contributed by atoms with Crippen molar-refractivity contribution in [2.75, 3.05) is 32.0 Å². The van der Waals surface area contributed by atoms with Gasteiger partial charge in [0.2, 0.25) is 11.8 Å². The van der Waals surface area contributed by atoms with Crippen molar-refractivity contribution in [3.05, 3.63) is 64.9 Å². The summed E-state index contributed by atoms with van der Waals surface area (Å²) in [6.07, 6.45) is 0. The number of rotatable bonds is 9. The number of carbonyl (C=O) groups is 2. The third kappa shape index (κ3) is 5.76. The largest absolute Gasteiger partial charge is 0.357 e. The molecule has 1 unspecified atom stereocenters. The lowest BCUT2D eigenvalue weighted by atomic mass is 10.1. The number of nitrogens with zero attached hydrogens (tertiary/aromatic N) is 3. The van der Waals surface area contributed by atoms with Crippen LogP contribution in [0, 0.1) is 5.82 Å². The fraction of sp³-hybridized carbons (Fsp3) is 0.333. The van der Waals surface area contributed by atoms with E-state index in [2.05, 4.69) is 5.32 Å². The first-order chi connectivity index (χ1) is 15.0. The molecule has 1 N–H and O–H groups in total. The molecule has 32 heavy (non-hydrogen) atoms. The van der Waals surface area contributed by atoms with Gasteiger partial charge in [-0.3, -0.25) is 9.59 Å². The van der Waals surface area contributed by atoms with Crippen molar-refractivity contribution in [2.45, 2.75) is 19.5 Å². The summed E-state index contributed by atoms with van der Waals surface area (Å²) in [6.45, 7) is 0.759. The van der Waals surface area contributed by atoms with Crippen LogP contribution in [0.4, 0.5) is 10.1 Å². The van der Waals surface area contributed by atoms with Gasteiger partial charge >= 0.3 is 10.2 Å². The summed E-state index contributed by atoms with van der Waals surface area (Å²) in [5.74, 6) is -1.95. The molecule has 0 radical (unpaired) electrons. The molecule has 2 rings (SSSR count). The molecule has 0 saturated carbocycles. The number of hydrogen-bond donors (Lipinski definition) is 1. The molecule has 0 heterocycles. The zero-order valence-corrected chi connectivity index (χ0v) is 19.8. The van der Waals surface area contributed by atoms with Gasteiger partial charge in [0.1, 0.15) is 18.4 Å². The maximum absolute atomic E-state index is 14.5. The third-order valence-electron chi connectivity index (χ3n) is 4.85. The highest BCUT2D eigenvalue weighted by Crippen LogP contribution is 2.24. The number of carbonyl (C=O) groups excluding carboxylic acids is 2. The fourth-order valence-electron chi connectivity index (χ4n) is 2.96. The Bertz CT molecular complexity index is 1080. The molecule has 11 heteroatoms. The summed E-state index contributed by atoms with van der Waals surface area (Å²) in [5.41, 5.74) is 0.297. The Morgan fingerprint density at radius 2 is 1.69 bits per heavy atom. The number of nitrogens with one attached hydrogen (secondary N) is 1. The standard InChI is InChI=1S/C21H26ClFN4O4S/c1-15(21(29)24-2)26(13-16-9-5-6-10-17(16)22)20(28)14-27(32(30,31)25(3)4)19-12-8-7-11-18(19)23/h5-12,15H,13-14H2,1-4H3,(H,24,29). The van der Waals surface area contributed by atoms with Gasteiger partial charge < -0.3 is 10.2 Å². The van der Waals surface area contributed by atoms with Crippen molar-refractivity contribution in [1.82, 2.24) is 14.5 Å². The van der Waals surface area contributed by atoms with E-state index in [4.69, 9.17) is 11.6 Å². The van der Waals surface area contributed by atoms with Gasteiger partial charge in [0.15, 0.2) is 0 Å². The van der Waals surface area contributed by atoms with E-state index in [1.165, 1.54) is 51.2 Å². The van der Waals surface area contributed by atoms with Crippen LogP contribution in [0.3, 0.4) is 0 Å². The summed E-state index contributed by atoms with van der Waals surface area (Å²) in [4.78, 5) is 26.9. The van der Waals surface area contributed by atoms with E-state index in [0.717, 1.165) is 10.4 Å². The Morgan fingerprint density at radius 1 is 1.09 bits per heavy atom. The van der Waals surface area contributed by atoms with Crippen LogP contribution in [0.1, 0.15) is 12.5 Å². The van der Waals surface area contributed by atoms with Crippen LogP contribution >= 0.6 is 11.6 Å². The molecular formula is C21H26ClFN4O4S. The van der Waals surface area contributed by atoms with Crippen LogP contribution in [0.25, 0.3) is 0 Å². The lowest BCUT2D eigenvalue weighted by Gasteiger charge is -2.32. The van der Waals surface area contributed by atoms with Crippen LogP contribution < -0.4 is 9.62 Å². The first-order valence-corrected chi connectivity index (χ1v) is 11.5. The second kappa shape index (κ2) is 10.8. The third-order valence-corrected chi connectivity index (χ3v) is 7.03. The van der Waals surface area contributed by atoms with Crippen molar-refractivity contribution in [3.63, 3.8) is 0 Å². The molecule has 0 aliphatic rings.